The van der Waals surface area contributed by atoms with E-state index in [4.69, 9.17) is 41.2 Å². The Morgan fingerprint density at radius 2 is 0.951 bits per heavy atom. The van der Waals surface area contributed by atoms with Crippen LogP contribution in [0, 0.1) is 40.6 Å². The molecule has 14 nitrogen and oxygen atoms in total. The average Bonchev–Trinajstić information content (AvgIpc) is 3.65. The number of anilines is 4. The number of amides is 4. The molecule has 0 bridgehead atoms. The predicted molar refractivity (Wildman–Crippen MR) is 224 cm³/mol. The third-order valence-corrected chi connectivity index (χ3v) is 12.5. The van der Waals surface area contributed by atoms with Crippen LogP contribution in [0.2, 0.25) is 10.0 Å². The number of hydrogen-bond donors (Lipinski definition) is 2. The molecule has 17 heteroatoms. The molecule has 0 aromatic heterocycles. The van der Waals surface area contributed by atoms with Gasteiger partial charge in [0.2, 0.25) is 9.84 Å². The number of imide groups is 2. The summed E-state index contributed by atoms with van der Waals surface area (Å²) in [5, 5.41) is 28.1. The van der Waals surface area contributed by atoms with Crippen LogP contribution in [0.4, 0.5) is 28.4 Å². The monoisotopic (exact) mass is 858 g/mol. The van der Waals surface area contributed by atoms with E-state index in [-0.39, 0.29) is 87.2 Å². The van der Waals surface area contributed by atoms with Crippen LogP contribution < -0.4 is 21.3 Å². The van der Waals surface area contributed by atoms with Crippen molar-refractivity contribution >= 4 is 85.1 Å². The molecule has 4 N–H and O–H groups in total. The Morgan fingerprint density at radius 1 is 0.525 bits per heavy atom. The van der Waals surface area contributed by atoms with E-state index < -0.39 is 33.5 Å². The smallest absolute Gasteiger partial charge is 0.266 e. The van der Waals surface area contributed by atoms with Gasteiger partial charge in [0.05, 0.1) is 88.5 Å². The molecule has 0 atom stereocenters. The largest absolute Gasteiger partial charge is 0.399 e. The molecule has 8 rings (SSSR count). The molecule has 6 aromatic carbocycles. The maximum Gasteiger partial charge on any atom is 0.266 e. The molecular weight excluding hydrogens is 840 g/mol. The first kappa shape index (κ1) is 39.5. The van der Waals surface area contributed by atoms with Crippen LogP contribution in [-0.2, 0) is 9.84 Å². The van der Waals surface area contributed by atoms with Crippen LogP contribution in [-0.4, -0.2) is 32.0 Å². The fourth-order valence-corrected chi connectivity index (χ4v) is 9.10. The quantitative estimate of drug-likeness (QED) is 0.0922. The Balaban J connectivity index is 1.06. The fraction of sp³-hybridized carbons (Fsp3) is 0. The summed E-state index contributed by atoms with van der Waals surface area (Å²) in [5.74, 6) is -3.01. The summed E-state index contributed by atoms with van der Waals surface area (Å²) < 4.78 is 27.8. The highest BCUT2D eigenvalue weighted by Crippen LogP contribution is 2.41. The highest BCUT2D eigenvalue weighted by atomic mass is 35.5. The Bertz CT molecular complexity index is 3160. The molecule has 0 radical (unpaired) electrons. The molecule has 2 aliphatic heterocycles. The molecule has 0 spiro atoms. The topological polar surface area (TPSA) is 237 Å². The second kappa shape index (κ2) is 14.5. The van der Waals surface area contributed by atoms with Crippen molar-refractivity contribution in [3.05, 3.63) is 157 Å². The van der Waals surface area contributed by atoms with Gasteiger partial charge in [-0.15, -0.1) is 0 Å². The normalized spacial score (nSPS) is 13.0. The summed E-state index contributed by atoms with van der Waals surface area (Å²) in [5.41, 5.74) is 13.6. The number of fused-ring (bicyclic) bond motifs is 2. The van der Waals surface area contributed by atoms with Crippen molar-refractivity contribution in [3.63, 3.8) is 0 Å². The summed E-state index contributed by atoms with van der Waals surface area (Å²) in [6.07, 6.45) is 0. The van der Waals surface area contributed by atoms with E-state index in [1.54, 1.807) is 0 Å². The van der Waals surface area contributed by atoms with Gasteiger partial charge in [-0.3, -0.25) is 19.2 Å². The van der Waals surface area contributed by atoms with Gasteiger partial charge in [-0.25, -0.2) is 23.1 Å². The van der Waals surface area contributed by atoms with Crippen molar-refractivity contribution < 1.29 is 27.6 Å². The molecule has 0 saturated heterocycles. The Kier molecular flexibility index (Phi) is 9.40. The third-order valence-electron chi connectivity index (χ3n) is 10.2. The lowest BCUT2D eigenvalue weighted by molar-refractivity contribution is 0.0910. The molecule has 2 heterocycles. The van der Waals surface area contributed by atoms with Crippen LogP contribution in [0.1, 0.15) is 58.1 Å². The zero-order valence-electron chi connectivity index (χ0n) is 30.7. The highest BCUT2D eigenvalue weighted by molar-refractivity contribution is 7.91. The number of carbonyl (C=O) groups is 4. The fourth-order valence-electron chi connectivity index (χ4n) is 7.13. The van der Waals surface area contributed by atoms with E-state index >= 15 is 0 Å². The summed E-state index contributed by atoms with van der Waals surface area (Å²) in [4.78, 5) is 58.9. The van der Waals surface area contributed by atoms with Gasteiger partial charge < -0.3 is 11.5 Å². The van der Waals surface area contributed by atoms with Crippen molar-refractivity contribution in [2.75, 3.05) is 21.3 Å². The minimum absolute atomic E-state index is 0.0149. The van der Waals surface area contributed by atoms with Crippen LogP contribution in [0.15, 0.2) is 107 Å². The van der Waals surface area contributed by atoms with Crippen LogP contribution in [0.3, 0.4) is 0 Å². The maximum absolute atomic E-state index is 13.9. The van der Waals surface area contributed by atoms with Crippen molar-refractivity contribution in [1.82, 2.24) is 0 Å². The molecule has 6 aromatic rings. The minimum Gasteiger partial charge on any atom is -0.399 e. The van der Waals surface area contributed by atoms with Crippen molar-refractivity contribution in [1.29, 1.82) is 15.8 Å². The molecule has 0 unspecified atom stereocenters. The van der Waals surface area contributed by atoms with Gasteiger partial charge in [0.1, 0.15) is 12.1 Å². The summed E-state index contributed by atoms with van der Waals surface area (Å²) in [6, 6.07) is 26.9. The first-order chi connectivity index (χ1) is 29.1. The lowest BCUT2D eigenvalue weighted by Gasteiger charge is -2.18. The Hall–Kier alpha value is -8.31. The third kappa shape index (κ3) is 6.18. The van der Waals surface area contributed by atoms with Crippen LogP contribution >= 0.6 is 23.2 Å². The van der Waals surface area contributed by atoms with Gasteiger partial charge >= 0.3 is 0 Å². The number of sulfone groups is 1. The van der Waals surface area contributed by atoms with Gasteiger partial charge in [-0.05, 0) is 102 Å². The number of nitriles is 3. The molecule has 2 aliphatic rings. The Labute approximate surface area is 355 Å². The Morgan fingerprint density at radius 3 is 1.39 bits per heavy atom. The number of nitrogens with two attached hydrogens (primary N) is 2. The van der Waals surface area contributed by atoms with Crippen molar-refractivity contribution in [2.45, 2.75) is 9.79 Å². The number of hydrogen-bond acceptors (Lipinski definition) is 11. The maximum atomic E-state index is 13.9. The van der Waals surface area contributed by atoms with Crippen LogP contribution in [0.5, 0.6) is 0 Å². The molecule has 292 valence electrons. The number of halogens is 2. The second-order valence-electron chi connectivity index (χ2n) is 13.5. The minimum atomic E-state index is -4.39. The standard InChI is InChI=1S/C44H20Cl2N8O6S/c1-52-38-17-37(51)25(20-49)13-31(38)22-3-7-29-33(11-22)44(58)54(42(29)56)40-9-5-27(16-35(40)46)61(59,60)26-4-8-39(34(45)15-26)53-41(55)28-6-2-21(10-32(28)43(53)57)30-12-24(19-48)36(50)14-23(30)18-47/h2-17H,50-51H2. The zero-order valence-corrected chi connectivity index (χ0v) is 33.0. The first-order valence-electron chi connectivity index (χ1n) is 17.5. The lowest BCUT2D eigenvalue weighted by Crippen LogP contribution is -2.29. The van der Waals surface area contributed by atoms with E-state index in [1.807, 2.05) is 18.2 Å². The van der Waals surface area contributed by atoms with Gasteiger partial charge in [0.25, 0.3) is 23.6 Å². The summed E-state index contributed by atoms with van der Waals surface area (Å²) >= 11 is 13.1. The summed E-state index contributed by atoms with van der Waals surface area (Å²) in [6.45, 7) is 7.56. The zero-order chi connectivity index (χ0) is 43.7. The number of rotatable bonds is 6. The number of carbonyl (C=O) groups excluding carboxylic acids is 4. The van der Waals surface area contributed by atoms with Gasteiger partial charge in [0, 0.05) is 11.3 Å². The molecule has 0 aliphatic carbocycles. The van der Waals surface area contributed by atoms with Crippen molar-refractivity contribution in [3.8, 4) is 40.5 Å². The number of benzene rings is 6. The highest BCUT2D eigenvalue weighted by Gasteiger charge is 2.40. The van der Waals surface area contributed by atoms with Gasteiger partial charge in [-0.2, -0.15) is 15.8 Å². The molecule has 61 heavy (non-hydrogen) atoms. The molecular formula is C44H20Cl2N8O6S. The van der Waals surface area contributed by atoms with Crippen molar-refractivity contribution in [2.24, 2.45) is 0 Å². The number of nitrogens with zero attached hydrogens (tertiary/aromatic N) is 6. The van der Waals surface area contributed by atoms with E-state index in [0.717, 1.165) is 34.1 Å². The van der Waals surface area contributed by atoms with E-state index in [9.17, 15) is 43.4 Å². The second-order valence-corrected chi connectivity index (χ2v) is 16.3. The SMILES string of the molecule is [C-]#[N+]c1cc(N)c(C#N)cc1-c1ccc2c(c1)C(=O)N(c1ccc(S(=O)(=O)c3ccc(N4C(=O)c5ccc(-c6cc(C#N)c(N)cc6C#N)cc5C4=O)c(Cl)c3)cc1Cl)C2=O. The molecule has 0 fully saturated rings. The van der Waals surface area contributed by atoms with E-state index in [1.165, 1.54) is 72.8 Å². The predicted octanol–water partition coefficient (Wildman–Crippen LogP) is 8.09. The number of nitrogen functional groups attached to an aromatic ring is 2. The van der Waals surface area contributed by atoms with Gasteiger partial charge in [0.15, 0.2) is 5.69 Å². The van der Waals surface area contributed by atoms with Gasteiger partial charge in [-0.1, -0.05) is 35.3 Å². The molecule has 0 saturated carbocycles. The van der Waals surface area contributed by atoms with E-state index in [0.29, 0.717) is 22.3 Å². The van der Waals surface area contributed by atoms with Crippen LogP contribution in [0.25, 0.3) is 27.1 Å². The first-order valence-corrected chi connectivity index (χ1v) is 19.7. The lowest BCUT2D eigenvalue weighted by atomic mass is 9.94. The summed E-state index contributed by atoms with van der Waals surface area (Å²) in [7, 11) is -4.39. The van der Waals surface area contributed by atoms with E-state index in [2.05, 4.69) is 4.85 Å². The molecule has 4 amide bonds. The average molecular weight is 860 g/mol.